The van der Waals surface area contributed by atoms with E-state index in [0.29, 0.717) is 11.5 Å². The summed E-state index contributed by atoms with van der Waals surface area (Å²) >= 11 is 0. The average molecular weight is 361 g/mol. The molecule has 0 fully saturated rings. The molecule has 0 bridgehead atoms. The van der Waals surface area contributed by atoms with Crippen molar-refractivity contribution in [2.75, 3.05) is 10.6 Å². The molecule has 1 aromatic carbocycles. The van der Waals surface area contributed by atoms with Crippen molar-refractivity contribution in [3.8, 4) is 6.07 Å². The van der Waals surface area contributed by atoms with Crippen molar-refractivity contribution in [3.05, 3.63) is 48.4 Å². The van der Waals surface area contributed by atoms with Crippen molar-refractivity contribution >= 4 is 34.1 Å². The summed E-state index contributed by atoms with van der Waals surface area (Å²) in [5, 5.41) is 16.3. The van der Waals surface area contributed by atoms with E-state index in [2.05, 4.69) is 25.6 Å². The van der Waals surface area contributed by atoms with Gasteiger partial charge in [-0.3, -0.25) is 9.78 Å². The van der Waals surface area contributed by atoms with Crippen molar-refractivity contribution < 1.29 is 4.79 Å². The number of hydrogen-bond donors (Lipinski definition) is 3. The predicted molar refractivity (Wildman–Crippen MR) is 103 cm³/mol. The Bertz CT molecular complexity index is 1030. The summed E-state index contributed by atoms with van der Waals surface area (Å²) in [7, 11) is 0. The number of carbonyl (C=O) groups is 1. The first kappa shape index (κ1) is 18.1. The molecule has 0 radical (unpaired) electrons. The van der Waals surface area contributed by atoms with Gasteiger partial charge in [-0.1, -0.05) is 32.0 Å². The number of amides is 1. The normalized spacial score (nSPS) is 11.8. The fourth-order valence-corrected chi connectivity index (χ4v) is 2.63. The molecule has 1 amide bonds. The minimum atomic E-state index is -0.595. The zero-order chi connectivity index (χ0) is 19.4. The van der Waals surface area contributed by atoms with Gasteiger partial charge in [-0.25, -0.2) is 9.97 Å². The number of nitrogens with two attached hydrogens (primary N) is 1. The van der Waals surface area contributed by atoms with Crippen LogP contribution in [0.2, 0.25) is 0 Å². The Morgan fingerprint density at radius 3 is 2.70 bits per heavy atom. The first-order chi connectivity index (χ1) is 13.0. The molecule has 0 saturated carbocycles. The highest BCUT2D eigenvalue weighted by Crippen LogP contribution is 2.22. The number of primary amides is 1. The Morgan fingerprint density at radius 2 is 2.00 bits per heavy atom. The number of para-hydroxylation sites is 1. The fraction of sp³-hybridized carbons (Fsp3) is 0.211. The van der Waals surface area contributed by atoms with Gasteiger partial charge in [0, 0.05) is 5.39 Å². The first-order valence-corrected chi connectivity index (χ1v) is 8.42. The van der Waals surface area contributed by atoms with Crippen LogP contribution in [0.15, 0.2) is 42.7 Å². The van der Waals surface area contributed by atoms with Gasteiger partial charge >= 0.3 is 0 Å². The van der Waals surface area contributed by atoms with Crippen molar-refractivity contribution in [2.24, 2.45) is 11.7 Å². The Balaban J connectivity index is 1.91. The van der Waals surface area contributed by atoms with E-state index in [-0.39, 0.29) is 17.4 Å². The maximum atomic E-state index is 11.6. The van der Waals surface area contributed by atoms with Gasteiger partial charge in [0.05, 0.1) is 23.6 Å². The lowest BCUT2D eigenvalue weighted by molar-refractivity contribution is -0.119. The van der Waals surface area contributed by atoms with Crippen LogP contribution in [-0.4, -0.2) is 26.9 Å². The maximum absolute atomic E-state index is 11.6. The molecule has 27 heavy (non-hydrogen) atoms. The van der Waals surface area contributed by atoms with Crippen LogP contribution in [0.5, 0.6) is 0 Å². The zero-order valence-corrected chi connectivity index (χ0v) is 15.0. The lowest BCUT2D eigenvalue weighted by atomic mass is 10.0. The lowest BCUT2D eigenvalue weighted by Crippen LogP contribution is -2.39. The molecule has 1 atom stereocenters. The Labute approximate surface area is 156 Å². The van der Waals surface area contributed by atoms with E-state index in [0.717, 1.165) is 10.9 Å². The van der Waals surface area contributed by atoms with Crippen LogP contribution < -0.4 is 16.4 Å². The van der Waals surface area contributed by atoms with E-state index in [1.54, 1.807) is 6.20 Å². The van der Waals surface area contributed by atoms with E-state index in [1.165, 1.54) is 6.20 Å². The third-order valence-electron chi connectivity index (χ3n) is 4.01. The van der Waals surface area contributed by atoms with Gasteiger partial charge in [0.15, 0.2) is 11.5 Å². The number of benzene rings is 1. The Kier molecular flexibility index (Phi) is 5.13. The minimum Gasteiger partial charge on any atom is -0.368 e. The summed E-state index contributed by atoms with van der Waals surface area (Å²) in [5.41, 5.74) is 7.10. The van der Waals surface area contributed by atoms with E-state index < -0.39 is 11.9 Å². The average Bonchev–Trinajstić information content (AvgIpc) is 2.65. The van der Waals surface area contributed by atoms with Crippen LogP contribution in [0.3, 0.4) is 0 Å². The van der Waals surface area contributed by atoms with Crippen molar-refractivity contribution in [3.63, 3.8) is 0 Å². The van der Waals surface area contributed by atoms with Gasteiger partial charge in [-0.2, -0.15) is 5.26 Å². The maximum Gasteiger partial charge on any atom is 0.240 e. The number of fused-ring (bicyclic) bond motifs is 1. The highest BCUT2D eigenvalue weighted by Gasteiger charge is 2.20. The van der Waals surface area contributed by atoms with Crippen LogP contribution in [0, 0.1) is 17.2 Å². The molecular weight excluding hydrogens is 342 g/mol. The fourth-order valence-electron chi connectivity index (χ4n) is 2.63. The molecule has 8 heteroatoms. The van der Waals surface area contributed by atoms with E-state index in [9.17, 15) is 10.1 Å². The van der Waals surface area contributed by atoms with Gasteiger partial charge in [0.2, 0.25) is 5.91 Å². The van der Waals surface area contributed by atoms with Crippen LogP contribution in [0.4, 0.5) is 17.3 Å². The third kappa shape index (κ3) is 4.10. The number of anilines is 3. The SMILES string of the molecule is CC(C)[C@@H](Nc1cnc(C#N)c(Nc2cnc3ccccc3c2)n1)C(N)=O. The summed E-state index contributed by atoms with van der Waals surface area (Å²) in [6, 6.07) is 11.0. The zero-order valence-electron chi connectivity index (χ0n) is 15.0. The summed E-state index contributed by atoms with van der Waals surface area (Å²) in [6.45, 7) is 3.75. The van der Waals surface area contributed by atoms with Crippen molar-refractivity contribution in [2.45, 2.75) is 19.9 Å². The molecule has 2 aromatic heterocycles. The number of rotatable bonds is 6. The highest BCUT2D eigenvalue weighted by atomic mass is 16.1. The van der Waals surface area contributed by atoms with Crippen LogP contribution in [0.1, 0.15) is 19.5 Å². The standard InChI is InChI=1S/C19H19N7O/c1-11(2)17(18(21)27)25-16-10-23-15(8-20)19(26-16)24-13-7-12-5-3-4-6-14(12)22-9-13/h3-7,9-11,17H,1-2H3,(H2,21,27)(H2,24,25,26)/t17-/m1/s1. The quantitative estimate of drug-likeness (QED) is 0.615. The summed E-state index contributed by atoms with van der Waals surface area (Å²) in [6.07, 6.45) is 3.06. The number of carbonyl (C=O) groups excluding carboxylic acids is 1. The summed E-state index contributed by atoms with van der Waals surface area (Å²) < 4.78 is 0. The molecule has 3 rings (SSSR count). The predicted octanol–water partition coefficient (Wildman–Crippen LogP) is 2.56. The van der Waals surface area contributed by atoms with Gasteiger partial charge in [-0.15, -0.1) is 0 Å². The first-order valence-electron chi connectivity index (χ1n) is 8.42. The van der Waals surface area contributed by atoms with Crippen LogP contribution in [-0.2, 0) is 4.79 Å². The Hall–Kier alpha value is -3.73. The van der Waals surface area contributed by atoms with Gasteiger partial charge < -0.3 is 16.4 Å². The summed E-state index contributed by atoms with van der Waals surface area (Å²) in [4.78, 5) is 24.5. The topological polar surface area (TPSA) is 130 Å². The van der Waals surface area contributed by atoms with Gasteiger partial charge in [0.1, 0.15) is 17.9 Å². The molecule has 136 valence electrons. The molecule has 0 aliphatic rings. The monoisotopic (exact) mass is 361 g/mol. The largest absolute Gasteiger partial charge is 0.368 e. The molecule has 0 aliphatic carbocycles. The van der Waals surface area contributed by atoms with Crippen LogP contribution >= 0.6 is 0 Å². The molecule has 2 heterocycles. The lowest BCUT2D eigenvalue weighted by Gasteiger charge is -2.19. The van der Waals surface area contributed by atoms with E-state index >= 15 is 0 Å². The second kappa shape index (κ2) is 7.66. The molecule has 4 N–H and O–H groups in total. The number of hydrogen-bond acceptors (Lipinski definition) is 7. The molecular formula is C19H19N7O. The highest BCUT2D eigenvalue weighted by molar-refractivity contribution is 5.83. The summed E-state index contributed by atoms with van der Waals surface area (Å²) in [5.74, 6) is 0.111. The molecule has 3 aromatic rings. The number of nitrogens with one attached hydrogen (secondary N) is 2. The smallest absolute Gasteiger partial charge is 0.240 e. The molecule has 0 unspecified atom stereocenters. The Morgan fingerprint density at radius 1 is 1.22 bits per heavy atom. The number of aromatic nitrogens is 3. The van der Waals surface area contributed by atoms with Gasteiger partial charge in [0.25, 0.3) is 0 Å². The molecule has 0 aliphatic heterocycles. The second-order valence-corrected chi connectivity index (χ2v) is 6.37. The van der Waals surface area contributed by atoms with E-state index in [1.807, 2.05) is 50.2 Å². The van der Waals surface area contributed by atoms with Crippen molar-refractivity contribution in [1.29, 1.82) is 5.26 Å². The van der Waals surface area contributed by atoms with Crippen LogP contribution in [0.25, 0.3) is 10.9 Å². The molecule has 0 saturated heterocycles. The second-order valence-electron chi connectivity index (χ2n) is 6.37. The number of nitriles is 1. The third-order valence-corrected chi connectivity index (χ3v) is 4.01. The molecule has 8 nitrogen and oxygen atoms in total. The van der Waals surface area contributed by atoms with Crippen molar-refractivity contribution in [1.82, 2.24) is 15.0 Å². The number of pyridine rings is 1. The molecule has 0 spiro atoms. The van der Waals surface area contributed by atoms with Gasteiger partial charge in [-0.05, 0) is 18.1 Å². The minimum absolute atomic E-state index is 0.0268. The van der Waals surface area contributed by atoms with E-state index in [4.69, 9.17) is 5.73 Å². The number of nitrogens with zero attached hydrogens (tertiary/aromatic N) is 4.